The Kier molecular flexibility index (Phi) is 4.43. The Bertz CT molecular complexity index is 312. The van der Waals surface area contributed by atoms with Crippen molar-refractivity contribution < 1.29 is 9.47 Å². The summed E-state index contributed by atoms with van der Waals surface area (Å²) in [5.74, 6) is 1.78. The van der Waals surface area contributed by atoms with Crippen molar-refractivity contribution in [3.63, 3.8) is 0 Å². The molecule has 3 nitrogen and oxygen atoms in total. The lowest BCUT2D eigenvalue weighted by atomic mass is 10.1. The number of methoxy groups -OCH3 is 2. The van der Waals surface area contributed by atoms with Crippen molar-refractivity contribution in [2.45, 2.75) is 19.4 Å². The highest BCUT2D eigenvalue weighted by Crippen LogP contribution is 2.24. The van der Waals surface area contributed by atoms with Crippen LogP contribution in [0, 0.1) is 0 Å². The molecule has 0 aromatic heterocycles. The molecule has 0 bridgehead atoms. The summed E-state index contributed by atoms with van der Waals surface area (Å²) in [5.41, 5.74) is 1.17. The zero-order valence-corrected chi connectivity index (χ0v) is 9.83. The van der Waals surface area contributed by atoms with Gasteiger partial charge in [0.05, 0.1) is 14.2 Å². The minimum absolute atomic E-state index is 0.422. The molecule has 84 valence electrons. The van der Waals surface area contributed by atoms with Crippen LogP contribution in [-0.2, 0) is 6.42 Å². The fourth-order valence-electron chi connectivity index (χ4n) is 1.47. The van der Waals surface area contributed by atoms with Gasteiger partial charge in [-0.15, -0.1) is 0 Å². The second kappa shape index (κ2) is 5.61. The Labute approximate surface area is 91.4 Å². The summed E-state index contributed by atoms with van der Waals surface area (Å²) in [4.78, 5) is 0. The Balaban J connectivity index is 2.90. The van der Waals surface area contributed by atoms with Gasteiger partial charge in [-0.2, -0.15) is 0 Å². The van der Waals surface area contributed by atoms with Gasteiger partial charge in [0.2, 0.25) is 0 Å². The summed E-state index contributed by atoms with van der Waals surface area (Å²) in [7, 11) is 5.32. The van der Waals surface area contributed by atoms with Gasteiger partial charge in [0.1, 0.15) is 11.5 Å². The molecule has 0 aliphatic rings. The van der Waals surface area contributed by atoms with E-state index in [1.165, 1.54) is 5.56 Å². The normalized spacial score (nSPS) is 12.3. The van der Waals surface area contributed by atoms with Crippen molar-refractivity contribution in [2.24, 2.45) is 0 Å². The van der Waals surface area contributed by atoms with Crippen LogP contribution in [0.4, 0.5) is 0 Å². The van der Waals surface area contributed by atoms with Crippen molar-refractivity contribution in [2.75, 3.05) is 21.3 Å². The molecule has 0 unspecified atom stereocenters. The van der Waals surface area contributed by atoms with Crippen LogP contribution in [-0.4, -0.2) is 27.3 Å². The van der Waals surface area contributed by atoms with Gasteiger partial charge in [-0.05, 0) is 44.2 Å². The average Bonchev–Trinajstić information content (AvgIpc) is 2.28. The molecule has 3 heteroatoms. The lowest BCUT2D eigenvalue weighted by Crippen LogP contribution is -2.23. The highest BCUT2D eigenvalue weighted by Gasteiger charge is 2.08. The maximum atomic E-state index is 5.31. The van der Waals surface area contributed by atoms with Crippen molar-refractivity contribution in [3.8, 4) is 11.5 Å². The lowest BCUT2D eigenvalue weighted by molar-refractivity contribution is 0.396. The second-order valence-electron chi connectivity index (χ2n) is 3.57. The fourth-order valence-corrected chi connectivity index (χ4v) is 1.47. The number of rotatable bonds is 5. The van der Waals surface area contributed by atoms with Gasteiger partial charge in [0, 0.05) is 6.04 Å². The van der Waals surface area contributed by atoms with Crippen LogP contribution in [0.2, 0.25) is 0 Å². The predicted octanol–water partition coefficient (Wildman–Crippen LogP) is 1.85. The monoisotopic (exact) mass is 209 g/mol. The van der Waals surface area contributed by atoms with Gasteiger partial charge in [-0.1, -0.05) is 0 Å². The Morgan fingerprint density at radius 1 is 1.27 bits per heavy atom. The standard InChI is InChI=1S/C12H19NO2/c1-9(13-2)7-10-8-11(14-3)5-6-12(10)15-4/h5-6,8-9,13H,7H2,1-4H3/t9-/m1/s1. The maximum Gasteiger partial charge on any atom is 0.122 e. The summed E-state index contributed by atoms with van der Waals surface area (Å²) < 4.78 is 10.5. The molecule has 15 heavy (non-hydrogen) atoms. The number of nitrogens with one attached hydrogen (secondary N) is 1. The first-order valence-electron chi connectivity index (χ1n) is 5.09. The van der Waals surface area contributed by atoms with Crippen LogP contribution in [0.25, 0.3) is 0 Å². The zero-order chi connectivity index (χ0) is 11.3. The summed E-state index contributed by atoms with van der Waals surface area (Å²) in [5, 5.41) is 3.21. The van der Waals surface area contributed by atoms with Crippen molar-refractivity contribution in [3.05, 3.63) is 23.8 Å². The van der Waals surface area contributed by atoms with Crippen molar-refractivity contribution in [1.82, 2.24) is 5.32 Å². The topological polar surface area (TPSA) is 30.5 Å². The van der Waals surface area contributed by atoms with E-state index in [1.807, 2.05) is 25.2 Å². The number of likely N-dealkylation sites (N-methyl/N-ethyl adjacent to an activating group) is 1. The summed E-state index contributed by atoms with van der Waals surface area (Å²) in [6.07, 6.45) is 0.927. The van der Waals surface area contributed by atoms with Crippen LogP contribution in [0.1, 0.15) is 12.5 Å². The lowest BCUT2D eigenvalue weighted by Gasteiger charge is -2.14. The van der Waals surface area contributed by atoms with E-state index in [-0.39, 0.29) is 0 Å². The molecular weight excluding hydrogens is 190 g/mol. The van der Waals surface area contributed by atoms with Crippen molar-refractivity contribution >= 4 is 0 Å². The third-order valence-electron chi connectivity index (χ3n) is 2.51. The van der Waals surface area contributed by atoms with Gasteiger partial charge in [-0.25, -0.2) is 0 Å². The highest BCUT2D eigenvalue weighted by atomic mass is 16.5. The van der Waals surface area contributed by atoms with E-state index in [0.29, 0.717) is 6.04 Å². The molecule has 0 aliphatic heterocycles. The minimum Gasteiger partial charge on any atom is -0.497 e. The molecule has 1 aromatic rings. The van der Waals surface area contributed by atoms with Crippen LogP contribution in [0.3, 0.4) is 0 Å². The van der Waals surface area contributed by atoms with Crippen molar-refractivity contribution in [1.29, 1.82) is 0 Å². The Morgan fingerprint density at radius 2 is 2.00 bits per heavy atom. The van der Waals surface area contributed by atoms with Gasteiger partial charge >= 0.3 is 0 Å². The van der Waals surface area contributed by atoms with Gasteiger partial charge in [-0.3, -0.25) is 0 Å². The van der Waals surface area contributed by atoms with E-state index in [0.717, 1.165) is 17.9 Å². The smallest absolute Gasteiger partial charge is 0.122 e. The summed E-state index contributed by atoms with van der Waals surface area (Å²) in [6.45, 7) is 2.14. The number of hydrogen-bond donors (Lipinski definition) is 1. The van der Waals surface area contributed by atoms with E-state index in [2.05, 4.69) is 12.2 Å². The predicted molar refractivity (Wildman–Crippen MR) is 61.8 cm³/mol. The van der Waals surface area contributed by atoms with E-state index in [1.54, 1.807) is 14.2 Å². The Morgan fingerprint density at radius 3 is 2.53 bits per heavy atom. The number of ether oxygens (including phenoxy) is 2. The second-order valence-corrected chi connectivity index (χ2v) is 3.57. The molecule has 1 atom stereocenters. The molecule has 0 amide bonds. The number of benzene rings is 1. The zero-order valence-electron chi connectivity index (χ0n) is 9.83. The molecular formula is C12H19NO2. The summed E-state index contributed by atoms with van der Waals surface area (Å²) in [6, 6.07) is 6.29. The maximum absolute atomic E-state index is 5.31. The minimum atomic E-state index is 0.422. The molecule has 1 aromatic carbocycles. The van der Waals surface area contributed by atoms with Crippen LogP contribution in [0.15, 0.2) is 18.2 Å². The first-order valence-corrected chi connectivity index (χ1v) is 5.09. The first-order chi connectivity index (χ1) is 7.21. The van der Waals surface area contributed by atoms with E-state index in [9.17, 15) is 0 Å². The molecule has 0 spiro atoms. The molecule has 1 N–H and O–H groups in total. The molecule has 0 aliphatic carbocycles. The summed E-state index contributed by atoms with van der Waals surface area (Å²) >= 11 is 0. The number of hydrogen-bond acceptors (Lipinski definition) is 3. The van der Waals surface area contributed by atoms with Crippen LogP contribution >= 0.6 is 0 Å². The first kappa shape index (κ1) is 11.9. The third-order valence-corrected chi connectivity index (χ3v) is 2.51. The molecule has 0 heterocycles. The van der Waals surface area contributed by atoms with Crippen LogP contribution < -0.4 is 14.8 Å². The van der Waals surface area contributed by atoms with Crippen LogP contribution in [0.5, 0.6) is 11.5 Å². The third kappa shape index (κ3) is 3.13. The largest absolute Gasteiger partial charge is 0.497 e. The molecule has 0 fully saturated rings. The van der Waals surface area contributed by atoms with E-state index in [4.69, 9.17) is 9.47 Å². The quantitative estimate of drug-likeness (QED) is 0.803. The van der Waals surface area contributed by atoms with E-state index < -0.39 is 0 Å². The Hall–Kier alpha value is -1.22. The van der Waals surface area contributed by atoms with Gasteiger partial charge in [0.15, 0.2) is 0 Å². The SMILES string of the molecule is CN[C@H](C)Cc1cc(OC)ccc1OC. The average molecular weight is 209 g/mol. The molecule has 0 saturated heterocycles. The molecule has 0 radical (unpaired) electrons. The van der Waals surface area contributed by atoms with Gasteiger partial charge < -0.3 is 14.8 Å². The van der Waals surface area contributed by atoms with Gasteiger partial charge in [0.25, 0.3) is 0 Å². The van der Waals surface area contributed by atoms with E-state index >= 15 is 0 Å². The molecule has 0 saturated carbocycles. The highest BCUT2D eigenvalue weighted by molar-refractivity contribution is 5.40. The fraction of sp³-hybridized carbons (Fsp3) is 0.500. The molecule has 1 rings (SSSR count).